The standard InChI is InChI=1S/C20H19F2N3O3/c1-26-11-8-15(27-2)17-16(9-11)28-6-5-12-18(24-20(23)25-19(12)17)13-7-10(21)3-4-14(13)22/h3-4,7-9,18H,5-6H2,1-2H3,(H3,23,24,25). The molecule has 0 radical (unpaired) electrons. The Balaban J connectivity index is 1.94. The maximum atomic E-state index is 14.5. The van der Waals surface area contributed by atoms with Crippen LogP contribution in [-0.4, -0.2) is 26.8 Å². The number of hydrogen-bond acceptors (Lipinski definition) is 6. The number of aliphatic imine (C=N–C) groups is 1. The van der Waals surface area contributed by atoms with Crippen LogP contribution in [0.2, 0.25) is 0 Å². The van der Waals surface area contributed by atoms with Crippen LogP contribution >= 0.6 is 0 Å². The lowest BCUT2D eigenvalue weighted by Gasteiger charge is -2.27. The van der Waals surface area contributed by atoms with E-state index in [0.29, 0.717) is 41.5 Å². The third-order valence-electron chi connectivity index (χ3n) is 4.80. The Morgan fingerprint density at radius 3 is 2.75 bits per heavy atom. The third kappa shape index (κ3) is 3.00. The van der Waals surface area contributed by atoms with Gasteiger partial charge in [-0.3, -0.25) is 0 Å². The molecule has 0 spiro atoms. The molecule has 2 aromatic rings. The number of rotatable bonds is 3. The highest BCUT2D eigenvalue weighted by molar-refractivity contribution is 5.94. The Hall–Kier alpha value is -3.29. The van der Waals surface area contributed by atoms with Crippen LogP contribution in [0, 0.1) is 11.6 Å². The summed E-state index contributed by atoms with van der Waals surface area (Å²) in [5, 5.41) is 3.05. The fraction of sp³-hybridized carbons (Fsp3) is 0.250. The van der Waals surface area contributed by atoms with Crippen LogP contribution in [0.4, 0.5) is 8.78 Å². The zero-order valence-electron chi connectivity index (χ0n) is 15.4. The highest BCUT2D eigenvalue weighted by atomic mass is 19.1. The van der Waals surface area contributed by atoms with Crippen LogP contribution in [0.3, 0.4) is 0 Å². The molecular weight excluding hydrogens is 368 g/mol. The molecule has 0 fully saturated rings. The summed E-state index contributed by atoms with van der Waals surface area (Å²) in [4.78, 5) is 4.34. The second-order valence-electron chi connectivity index (χ2n) is 6.41. The van der Waals surface area contributed by atoms with Gasteiger partial charge in [-0.1, -0.05) is 0 Å². The SMILES string of the molecule is COc1cc(OC)c2c(c1)OCCC1=C2NC(N)=NC1c1cc(F)ccc1F. The molecule has 146 valence electrons. The summed E-state index contributed by atoms with van der Waals surface area (Å²) < 4.78 is 45.0. The van der Waals surface area contributed by atoms with E-state index >= 15 is 0 Å². The summed E-state index contributed by atoms with van der Waals surface area (Å²) in [5.41, 5.74) is 8.10. The van der Waals surface area contributed by atoms with Gasteiger partial charge in [-0.15, -0.1) is 0 Å². The number of hydrogen-bond donors (Lipinski definition) is 2. The van der Waals surface area contributed by atoms with Gasteiger partial charge in [-0.2, -0.15) is 0 Å². The lowest BCUT2D eigenvalue weighted by Crippen LogP contribution is -2.35. The lowest BCUT2D eigenvalue weighted by atomic mass is 9.91. The average molecular weight is 387 g/mol. The van der Waals surface area contributed by atoms with E-state index in [1.165, 1.54) is 7.11 Å². The first-order valence-electron chi connectivity index (χ1n) is 8.69. The van der Waals surface area contributed by atoms with Crippen molar-refractivity contribution in [2.75, 3.05) is 20.8 Å². The quantitative estimate of drug-likeness (QED) is 0.846. The topological polar surface area (TPSA) is 78.1 Å². The number of methoxy groups -OCH3 is 2. The first-order valence-corrected chi connectivity index (χ1v) is 8.69. The zero-order chi connectivity index (χ0) is 19.8. The fourth-order valence-electron chi connectivity index (χ4n) is 3.54. The van der Waals surface area contributed by atoms with E-state index in [2.05, 4.69) is 10.3 Å². The van der Waals surface area contributed by atoms with Crippen LogP contribution < -0.4 is 25.3 Å². The smallest absolute Gasteiger partial charge is 0.194 e. The molecular formula is C20H19F2N3O3. The Kier molecular flexibility index (Phi) is 4.54. The molecule has 0 saturated heterocycles. The second-order valence-corrected chi connectivity index (χ2v) is 6.41. The monoisotopic (exact) mass is 387 g/mol. The molecule has 0 aromatic heterocycles. The number of halogens is 2. The van der Waals surface area contributed by atoms with Crippen molar-refractivity contribution in [3.8, 4) is 17.2 Å². The third-order valence-corrected chi connectivity index (χ3v) is 4.80. The Labute approximate surface area is 160 Å². The number of nitrogens with two attached hydrogens (primary N) is 1. The van der Waals surface area contributed by atoms with E-state index in [9.17, 15) is 8.78 Å². The van der Waals surface area contributed by atoms with Crippen molar-refractivity contribution in [3.05, 3.63) is 58.7 Å². The summed E-state index contributed by atoms with van der Waals surface area (Å²) in [6.07, 6.45) is 0.444. The molecule has 2 heterocycles. The molecule has 0 bridgehead atoms. The summed E-state index contributed by atoms with van der Waals surface area (Å²) in [6.45, 7) is 0.326. The van der Waals surface area contributed by atoms with E-state index < -0.39 is 17.7 Å². The number of nitrogens with one attached hydrogen (secondary N) is 1. The Morgan fingerprint density at radius 1 is 1.18 bits per heavy atom. The van der Waals surface area contributed by atoms with Crippen LogP contribution in [-0.2, 0) is 0 Å². The highest BCUT2D eigenvalue weighted by Crippen LogP contribution is 2.45. The Morgan fingerprint density at radius 2 is 2.00 bits per heavy atom. The molecule has 3 N–H and O–H groups in total. The van der Waals surface area contributed by atoms with E-state index in [4.69, 9.17) is 19.9 Å². The zero-order valence-corrected chi connectivity index (χ0v) is 15.4. The average Bonchev–Trinajstić information content (AvgIpc) is 2.87. The molecule has 6 nitrogen and oxygen atoms in total. The maximum Gasteiger partial charge on any atom is 0.194 e. The predicted octanol–water partition coefficient (Wildman–Crippen LogP) is 3.13. The summed E-state index contributed by atoms with van der Waals surface area (Å²) in [7, 11) is 3.08. The second kappa shape index (κ2) is 7.03. The summed E-state index contributed by atoms with van der Waals surface area (Å²) in [5.74, 6) is 0.622. The molecule has 2 aromatic carbocycles. The summed E-state index contributed by atoms with van der Waals surface area (Å²) in [6, 6.07) is 6.00. The van der Waals surface area contributed by atoms with Crippen molar-refractivity contribution < 1.29 is 23.0 Å². The molecule has 2 aliphatic heterocycles. The highest BCUT2D eigenvalue weighted by Gasteiger charge is 2.33. The normalized spacial score (nSPS) is 18.1. The van der Waals surface area contributed by atoms with Gasteiger partial charge in [0, 0.05) is 24.1 Å². The molecule has 8 heteroatoms. The predicted molar refractivity (Wildman–Crippen MR) is 100 cm³/mol. The first-order chi connectivity index (χ1) is 13.5. The van der Waals surface area contributed by atoms with E-state index in [0.717, 1.165) is 23.8 Å². The molecule has 4 rings (SSSR count). The molecule has 0 amide bonds. The molecule has 1 atom stereocenters. The van der Waals surface area contributed by atoms with Crippen LogP contribution in [0.15, 0.2) is 40.9 Å². The van der Waals surface area contributed by atoms with Crippen molar-refractivity contribution in [2.45, 2.75) is 12.5 Å². The van der Waals surface area contributed by atoms with Gasteiger partial charge in [-0.05, 0) is 23.8 Å². The molecule has 1 unspecified atom stereocenters. The summed E-state index contributed by atoms with van der Waals surface area (Å²) >= 11 is 0. The van der Waals surface area contributed by atoms with Gasteiger partial charge in [-0.25, -0.2) is 13.8 Å². The van der Waals surface area contributed by atoms with Crippen molar-refractivity contribution >= 4 is 11.7 Å². The van der Waals surface area contributed by atoms with E-state index in [-0.39, 0.29) is 11.5 Å². The number of fused-ring (bicyclic) bond motifs is 2. The minimum atomic E-state index is -0.770. The number of ether oxygens (including phenoxy) is 3. The van der Waals surface area contributed by atoms with Crippen molar-refractivity contribution in [1.82, 2.24) is 5.32 Å². The van der Waals surface area contributed by atoms with Crippen molar-refractivity contribution in [2.24, 2.45) is 10.7 Å². The number of guanidine groups is 1. The van der Waals surface area contributed by atoms with Crippen LogP contribution in [0.25, 0.3) is 5.70 Å². The number of benzene rings is 2. The van der Waals surface area contributed by atoms with Gasteiger partial charge in [0.05, 0.1) is 32.1 Å². The van der Waals surface area contributed by atoms with Gasteiger partial charge in [0.25, 0.3) is 0 Å². The molecule has 0 aliphatic carbocycles. The van der Waals surface area contributed by atoms with Gasteiger partial charge >= 0.3 is 0 Å². The van der Waals surface area contributed by atoms with E-state index in [1.54, 1.807) is 19.2 Å². The van der Waals surface area contributed by atoms with Gasteiger partial charge in [0.15, 0.2) is 5.96 Å². The first kappa shape index (κ1) is 18.1. The lowest BCUT2D eigenvalue weighted by molar-refractivity contribution is 0.315. The largest absolute Gasteiger partial charge is 0.496 e. The molecule has 28 heavy (non-hydrogen) atoms. The van der Waals surface area contributed by atoms with Gasteiger partial charge in [0.2, 0.25) is 0 Å². The van der Waals surface area contributed by atoms with E-state index in [1.807, 2.05) is 0 Å². The van der Waals surface area contributed by atoms with Gasteiger partial charge < -0.3 is 25.3 Å². The number of nitrogens with zero attached hydrogens (tertiary/aromatic N) is 1. The minimum absolute atomic E-state index is 0.0955. The van der Waals surface area contributed by atoms with Crippen molar-refractivity contribution in [3.63, 3.8) is 0 Å². The van der Waals surface area contributed by atoms with Crippen LogP contribution in [0.5, 0.6) is 17.2 Å². The maximum absolute atomic E-state index is 14.5. The van der Waals surface area contributed by atoms with Crippen molar-refractivity contribution in [1.29, 1.82) is 0 Å². The fourth-order valence-corrected chi connectivity index (χ4v) is 3.54. The molecule has 0 saturated carbocycles. The van der Waals surface area contributed by atoms with Crippen LogP contribution in [0.1, 0.15) is 23.6 Å². The minimum Gasteiger partial charge on any atom is -0.496 e. The Bertz CT molecular complexity index is 1000. The molecule has 2 aliphatic rings. The van der Waals surface area contributed by atoms with Gasteiger partial charge in [0.1, 0.15) is 34.9 Å².